The van der Waals surface area contributed by atoms with Gasteiger partial charge in [0.25, 0.3) is 0 Å². The average Bonchev–Trinajstić information content (AvgIpc) is 2.71. The molecule has 0 radical (unpaired) electrons. The second-order valence-corrected chi connectivity index (χ2v) is 14.6. The molecular formula is C21H35BO3Si. The summed E-state index contributed by atoms with van der Waals surface area (Å²) in [7, 11) is -2.25. The van der Waals surface area contributed by atoms with Gasteiger partial charge in [-0.15, -0.1) is 0 Å². The molecule has 0 aliphatic carbocycles. The first-order valence-electron chi connectivity index (χ1n) is 9.46. The van der Waals surface area contributed by atoms with Crippen LogP contribution >= 0.6 is 0 Å². The minimum Gasteiger partial charge on any atom is -0.413 e. The third-order valence-electron chi connectivity index (χ3n) is 6.36. The summed E-state index contributed by atoms with van der Waals surface area (Å²) < 4.78 is 19.1. The molecule has 0 bridgehead atoms. The van der Waals surface area contributed by atoms with Crippen molar-refractivity contribution >= 4 is 27.0 Å². The van der Waals surface area contributed by atoms with Gasteiger partial charge in [-0.05, 0) is 62.4 Å². The highest BCUT2D eigenvalue weighted by Crippen LogP contribution is 2.38. The maximum absolute atomic E-state index is 6.51. The lowest BCUT2D eigenvalue weighted by Gasteiger charge is -2.36. The minimum atomic E-state index is -1.86. The van der Waals surface area contributed by atoms with Crippen molar-refractivity contribution < 1.29 is 13.7 Å². The van der Waals surface area contributed by atoms with Crippen molar-refractivity contribution in [2.75, 3.05) is 0 Å². The SMILES string of the molecule is C=Cc1cccc(B2OC(C)(C)C(C)(C)O2)c1CO[Si](C)(C)C(C)(C)C. The van der Waals surface area contributed by atoms with Crippen LogP contribution in [0.15, 0.2) is 24.8 Å². The molecule has 5 heteroatoms. The second-order valence-electron chi connectivity index (χ2n) is 9.76. The second kappa shape index (κ2) is 6.94. The van der Waals surface area contributed by atoms with Crippen LogP contribution in [0, 0.1) is 0 Å². The van der Waals surface area contributed by atoms with Crippen LogP contribution in [0.3, 0.4) is 0 Å². The molecular weight excluding hydrogens is 339 g/mol. The number of hydrogen-bond donors (Lipinski definition) is 0. The van der Waals surface area contributed by atoms with Gasteiger partial charge in [0.2, 0.25) is 0 Å². The van der Waals surface area contributed by atoms with Crippen molar-refractivity contribution in [3.05, 3.63) is 35.9 Å². The molecule has 1 aliphatic heterocycles. The van der Waals surface area contributed by atoms with Crippen LogP contribution < -0.4 is 5.46 Å². The Balaban J connectivity index is 2.37. The fourth-order valence-corrected chi connectivity index (χ4v) is 3.58. The Hall–Kier alpha value is -0.878. The highest BCUT2D eigenvalue weighted by molar-refractivity contribution is 6.74. The van der Waals surface area contributed by atoms with Crippen molar-refractivity contribution in [2.45, 2.75) is 84.4 Å². The highest BCUT2D eigenvalue weighted by atomic mass is 28.4. The topological polar surface area (TPSA) is 27.7 Å². The largest absolute Gasteiger partial charge is 0.495 e. The standard InChI is InChI=1S/C21H35BO3Si/c1-11-16-13-12-14-18(22-24-20(5,6)21(7,8)25-22)17(16)15-23-26(9,10)19(2,3)4/h11-14H,1,15H2,2-10H3. The lowest BCUT2D eigenvalue weighted by Crippen LogP contribution is -2.42. The van der Waals surface area contributed by atoms with E-state index in [0.29, 0.717) is 6.61 Å². The first kappa shape index (κ1) is 21.4. The molecule has 0 atom stereocenters. The molecule has 3 nitrogen and oxygen atoms in total. The Morgan fingerprint density at radius 3 is 2.12 bits per heavy atom. The Kier molecular flexibility index (Phi) is 5.71. The average molecular weight is 374 g/mol. The van der Waals surface area contributed by atoms with Crippen LogP contribution in [0.2, 0.25) is 18.1 Å². The molecule has 1 aliphatic rings. The summed E-state index contributed by atoms with van der Waals surface area (Å²) in [5, 5.41) is 0.167. The molecule has 1 aromatic rings. The van der Waals surface area contributed by atoms with Crippen LogP contribution in [0.5, 0.6) is 0 Å². The molecule has 1 saturated heterocycles. The van der Waals surface area contributed by atoms with E-state index >= 15 is 0 Å². The smallest absolute Gasteiger partial charge is 0.413 e. The van der Waals surface area contributed by atoms with E-state index in [-0.39, 0.29) is 16.2 Å². The molecule has 26 heavy (non-hydrogen) atoms. The zero-order chi connectivity index (χ0) is 20.0. The zero-order valence-electron chi connectivity index (χ0n) is 18.0. The molecule has 0 amide bonds. The Morgan fingerprint density at radius 1 is 1.12 bits per heavy atom. The predicted octanol–water partition coefficient (Wildman–Crippen LogP) is 5.15. The van der Waals surface area contributed by atoms with Gasteiger partial charge in [-0.3, -0.25) is 0 Å². The van der Waals surface area contributed by atoms with Gasteiger partial charge >= 0.3 is 7.12 Å². The molecule has 0 spiro atoms. The van der Waals surface area contributed by atoms with Crippen LogP contribution in [0.1, 0.15) is 59.6 Å². The molecule has 0 saturated carbocycles. The van der Waals surface area contributed by atoms with E-state index < -0.39 is 15.4 Å². The quantitative estimate of drug-likeness (QED) is 0.667. The summed E-state index contributed by atoms with van der Waals surface area (Å²) in [5.74, 6) is 0. The van der Waals surface area contributed by atoms with Gasteiger partial charge in [0, 0.05) is 0 Å². The van der Waals surface area contributed by atoms with Crippen LogP contribution in [0.4, 0.5) is 0 Å². The number of hydrogen-bond acceptors (Lipinski definition) is 3. The van der Waals surface area contributed by atoms with Gasteiger partial charge in [0.05, 0.1) is 17.8 Å². The van der Waals surface area contributed by atoms with Crippen LogP contribution in [0.25, 0.3) is 6.08 Å². The van der Waals surface area contributed by atoms with E-state index in [1.165, 1.54) is 0 Å². The fourth-order valence-electron chi connectivity index (χ4n) is 2.64. The van der Waals surface area contributed by atoms with Crippen molar-refractivity contribution in [2.24, 2.45) is 0 Å². The zero-order valence-corrected chi connectivity index (χ0v) is 19.0. The summed E-state index contributed by atoms with van der Waals surface area (Å²) in [6, 6.07) is 6.19. The third kappa shape index (κ3) is 4.01. The lowest BCUT2D eigenvalue weighted by atomic mass is 9.75. The summed E-state index contributed by atoms with van der Waals surface area (Å²) in [6.07, 6.45) is 1.89. The van der Waals surface area contributed by atoms with Gasteiger partial charge < -0.3 is 13.7 Å². The summed E-state index contributed by atoms with van der Waals surface area (Å²) in [4.78, 5) is 0. The molecule has 0 aromatic heterocycles. The van der Waals surface area contributed by atoms with E-state index in [1.54, 1.807) is 0 Å². The van der Waals surface area contributed by atoms with E-state index in [1.807, 2.05) is 12.1 Å². The van der Waals surface area contributed by atoms with Crippen molar-refractivity contribution in [3.63, 3.8) is 0 Å². The predicted molar refractivity (Wildman–Crippen MR) is 114 cm³/mol. The first-order chi connectivity index (χ1) is 11.7. The van der Waals surface area contributed by atoms with Gasteiger partial charge in [-0.1, -0.05) is 51.6 Å². The lowest BCUT2D eigenvalue weighted by molar-refractivity contribution is 0.00578. The molecule has 2 rings (SSSR count). The van der Waals surface area contributed by atoms with Crippen LogP contribution in [-0.2, 0) is 20.3 Å². The van der Waals surface area contributed by atoms with Gasteiger partial charge in [-0.25, -0.2) is 0 Å². The van der Waals surface area contributed by atoms with Crippen molar-refractivity contribution in [1.29, 1.82) is 0 Å². The fraction of sp³-hybridized carbons (Fsp3) is 0.619. The minimum absolute atomic E-state index is 0.167. The van der Waals surface area contributed by atoms with Gasteiger partial charge in [0.15, 0.2) is 8.32 Å². The molecule has 1 heterocycles. The maximum atomic E-state index is 6.51. The number of benzene rings is 1. The van der Waals surface area contributed by atoms with E-state index in [9.17, 15) is 0 Å². The monoisotopic (exact) mass is 374 g/mol. The van der Waals surface area contributed by atoms with Crippen molar-refractivity contribution in [3.8, 4) is 0 Å². The molecule has 0 N–H and O–H groups in total. The summed E-state index contributed by atoms with van der Waals surface area (Å²) in [6.45, 7) is 24.2. The first-order valence-corrected chi connectivity index (χ1v) is 12.4. The maximum Gasteiger partial charge on any atom is 0.495 e. The summed E-state index contributed by atoms with van der Waals surface area (Å²) >= 11 is 0. The normalized spacial score (nSPS) is 19.7. The van der Waals surface area contributed by atoms with Crippen molar-refractivity contribution in [1.82, 2.24) is 0 Å². The molecule has 144 valence electrons. The third-order valence-corrected chi connectivity index (χ3v) is 10.8. The molecule has 1 fully saturated rings. The molecule has 1 aromatic carbocycles. The Morgan fingerprint density at radius 2 is 1.65 bits per heavy atom. The van der Waals surface area contributed by atoms with E-state index in [4.69, 9.17) is 13.7 Å². The Bertz CT molecular complexity index is 658. The van der Waals surface area contributed by atoms with E-state index in [2.05, 4.69) is 80.3 Å². The summed E-state index contributed by atoms with van der Waals surface area (Å²) in [5.41, 5.74) is 2.51. The molecule has 0 unspecified atom stereocenters. The highest BCUT2D eigenvalue weighted by Gasteiger charge is 2.52. The van der Waals surface area contributed by atoms with Gasteiger partial charge in [-0.2, -0.15) is 0 Å². The van der Waals surface area contributed by atoms with Crippen LogP contribution in [-0.4, -0.2) is 26.6 Å². The van der Waals surface area contributed by atoms with E-state index in [0.717, 1.165) is 16.6 Å². The Labute approximate surface area is 161 Å². The number of rotatable bonds is 5. The van der Waals surface area contributed by atoms with Gasteiger partial charge in [0.1, 0.15) is 0 Å².